The summed E-state index contributed by atoms with van der Waals surface area (Å²) in [4.78, 5) is 81.7. The Morgan fingerprint density at radius 3 is 2.31 bits per heavy atom. The van der Waals surface area contributed by atoms with Crippen molar-refractivity contribution in [2.75, 3.05) is 18.8 Å². The number of rotatable bonds is 9. The molecule has 228 valence electrons. The number of carbonyl (C=O) groups is 6. The fourth-order valence-corrected chi connectivity index (χ4v) is 4.93. The molecule has 0 spiro atoms. The largest absolute Gasteiger partial charge is 0.508 e. The molecule has 0 aliphatic carbocycles. The molecule has 17 heteroatoms. The first-order valence-electron chi connectivity index (χ1n) is 13.1. The van der Waals surface area contributed by atoms with E-state index in [1.807, 2.05) is 0 Å². The number of fused-ring (bicyclic) bond motifs is 1. The molecule has 2 aliphatic rings. The van der Waals surface area contributed by atoms with Crippen molar-refractivity contribution in [3.63, 3.8) is 0 Å². The number of aliphatic carboxylic acids is 1. The standard InChI is InChI=1S/C25H34N8O8S/c26-25(27)28-7-1-2-14-21(38)29-10-18(35)30-16(9-19(36)37)22(39)32-15(8-12-3-5-13(34)6-4-12)20-24(41)33(20)17(11-42)23(40)31-14/h3-6,14-17,20,34,42H,1-2,7-11H2,(H,29,38)(H,30,35)(H,31,40)(H,32,39)(H,36,37)(H4,26,27,28)/t14-,15+,16-,17-,20?,33?/m0/s1. The minimum atomic E-state index is -1.53. The van der Waals surface area contributed by atoms with Crippen molar-refractivity contribution in [1.29, 1.82) is 0 Å². The molecule has 2 heterocycles. The maximum atomic E-state index is 13.3. The smallest absolute Gasteiger partial charge is 0.305 e. The summed E-state index contributed by atoms with van der Waals surface area (Å²) in [5.74, 6) is -5.24. The number of phenolic OH excluding ortho intramolecular Hbond substituents is 1. The van der Waals surface area contributed by atoms with E-state index in [1.165, 1.54) is 17.0 Å². The van der Waals surface area contributed by atoms with E-state index in [4.69, 9.17) is 11.5 Å². The van der Waals surface area contributed by atoms with Gasteiger partial charge in [0, 0.05) is 12.3 Å². The molecule has 0 saturated carbocycles. The highest BCUT2D eigenvalue weighted by Gasteiger charge is 2.56. The van der Waals surface area contributed by atoms with Gasteiger partial charge in [0.05, 0.1) is 19.0 Å². The first kappa shape index (κ1) is 32.0. The highest BCUT2D eigenvalue weighted by Crippen LogP contribution is 2.30. The number of aliphatic imine (C=N–C) groups is 1. The van der Waals surface area contributed by atoms with E-state index in [1.54, 1.807) is 12.1 Å². The molecule has 10 N–H and O–H groups in total. The van der Waals surface area contributed by atoms with Crippen LogP contribution in [0.5, 0.6) is 5.75 Å². The van der Waals surface area contributed by atoms with Gasteiger partial charge in [0.1, 0.15) is 29.9 Å². The number of guanidine groups is 1. The van der Waals surface area contributed by atoms with Crippen LogP contribution in [0.2, 0.25) is 0 Å². The van der Waals surface area contributed by atoms with E-state index in [2.05, 4.69) is 38.9 Å². The molecule has 0 radical (unpaired) electrons. The van der Waals surface area contributed by atoms with E-state index in [9.17, 15) is 39.0 Å². The van der Waals surface area contributed by atoms with Gasteiger partial charge in [0.25, 0.3) is 0 Å². The molecule has 0 aromatic heterocycles. The summed E-state index contributed by atoms with van der Waals surface area (Å²) in [5, 5.41) is 28.9. The zero-order chi connectivity index (χ0) is 31.0. The number of nitrogens with two attached hydrogens (primary N) is 2. The van der Waals surface area contributed by atoms with Crippen molar-refractivity contribution in [3.8, 4) is 5.75 Å². The van der Waals surface area contributed by atoms with Crippen LogP contribution in [-0.4, -0.2) is 106 Å². The summed E-state index contributed by atoms with van der Waals surface area (Å²) < 4.78 is 0. The lowest BCUT2D eigenvalue weighted by molar-refractivity contribution is -0.141. The van der Waals surface area contributed by atoms with Gasteiger partial charge in [0.15, 0.2) is 5.96 Å². The number of nitrogens with one attached hydrogen (secondary N) is 4. The van der Waals surface area contributed by atoms with Gasteiger partial charge in [-0.15, -0.1) is 0 Å². The van der Waals surface area contributed by atoms with E-state index >= 15 is 0 Å². The molecule has 5 amide bonds. The summed E-state index contributed by atoms with van der Waals surface area (Å²) in [6.07, 6.45) is -0.335. The zero-order valence-electron chi connectivity index (χ0n) is 22.5. The molecule has 1 aromatic rings. The van der Waals surface area contributed by atoms with Gasteiger partial charge in [0.2, 0.25) is 29.5 Å². The van der Waals surface area contributed by atoms with Crippen molar-refractivity contribution in [3.05, 3.63) is 29.8 Å². The number of carbonyl (C=O) groups excluding carboxylic acids is 5. The normalized spacial score (nSPS) is 25.0. The Hall–Kier alpha value is -4.54. The third kappa shape index (κ3) is 8.73. The highest BCUT2D eigenvalue weighted by molar-refractivity contribution is 7.80. The van der Waals surface area contributed by atoms with Gasteiger partial charge in [-0.2, -0.15) is 12.6 Å². The van der Waals surface area contributed by atoms with Crippen LogP contribution in [0.3, 0.4) is 0 Å². The number of hydrogen-bond acceptors (Lipinski definition) is 9. The number of benzene rings is 1. The average Bonchev–Trinajstić information content (AvgIpc) is 3.58. The monoisotopic (exact) mass is 606 g/mol. The number of carboxylic acid groups (broad SMARTS) is 1. The molecular formula is C25H34N8O8S. The second kappa shape index (κ2) is 14.4. The number of amides is 5. The first-order chi connectivity index (χ1) is 19.9. The lowest BCUT2D eigenvalue weighted by Crippen LogP contribution is -2.54. The molecule has 2 aliphatic heterocycles. The third-order valence-electron chi connectivity index (χ3n) is 6.68. The van der Waals surface area contributed by atoms with Gasteiger partial charge >= 0.3 is 5.97 Å². The van der Waals surface area contributed by atoms with E-state index in [0.29, 0.717) is 5.56 Å². The molecule has 2 saturated heterocycles. The van der Waals surface area contributed by atoms with Crippen molar-refractivity contribution in [2.24, 2.45) is 16.5 Å². The van der Waals surface area contributed by atoms with Crippen molar-refractivity contribution in [2.45, 2.75) is 55.9 Å². The SMILES string of the molecule is NC(N)=NCCC[C@@H]1NC(=O)[C@H](CS)N2C(=O)C2[C@@H](Cc2ccc(O)cc2)NC(=O)[C@H](CC(=O)O)NC(=O)CNC1=O. The van der Waals surface area contributed by atoms with E-state index in [-0.39, 0.29) is 43.3 Å². The van der Waals surface area contributed by atoms with Gasteiger partial charge in [-0.05, 0) is 37.0 Å². The molecule has 2 fully saturated rings. The number of aromatic hydroxyl groups is 1. The maximum Gasteiger partial charge on any atom is 0.305 e. The zero-order valence-corrected chi connectivity index (χ0v) is 23.4. The molecule has 3 rings (SSSR count). The molecule has 0 bridgehead atoms. The summed E-state index contributed by atoms with van der Waals surface area (Å²) >= 11 is 4.24. The minimum absolute atomic E-state index is 0.000959. The van der Waals surface area contributed by atoms with Crippen LogP contribution in [0.15, 0.2) is 29.3 Å². The Kier molecular flexibility index (Phi) is 11.0. The predicted octanol–water partition coefficient (Wildman–Crippen LogP) is -3.44. The average molecular weight is 607 g/mol. The summed E-state index contributed by atoms with van der Waals surface area (Å²) in [6, 6.07) is 0.285. The van der Waals surface area contributed by atoms with E-state index in [0.717, 1.165) is 0 Å². The van der Waals surface area contributed by atoms with Crippen LogP contribution < -0.4 is 32.7 Å². The Labute approximate surface area is 246 Å². The Balaban J connectivity index is 1.94. The molecule has 1 aromatic carbocycles. The van der Waals surface area contributed by atoms with Crippen LogP contribution in [0.1, 0.15) is 24.8 Å². The quantitative estimate of drug-likeness (QED) is 0.0441. The third-order valence-corrected chi connectivity index (χ3v) is 7.03. The van der Waals surface area contributed by atoms with Crippen LogP contribution >= 0.6 is 12.6 Å². The highest BCUT2D eigenvalue weighted by atomic mass is 32.1. The number of phenols is 1. The number of thiol groups is 1. The molecule has 42 heavy (non-hydrogen) atoms. The fraction of sp³-hybridized carbons (Fsp3) is 0.480. The van der Waals surface area contributed by atoms with Crippen LogP contribution in [-0.2, 0) is 35.2 Å². The van der Waals surface area contributed by atoms with Gasteiger partial charge in [-0.1, -0.05) is 12.1 Å². The molecular weight excluding hydrogens is 572 g/mol. The second-order valence-electron chi connectivity index (χ2n) is 9.82. The first-order valence-corrected chi connectivity index (χ1v) is 13.7. The number of carboxylic acids is 1. The second-order valence-corrected chi connectivity index (χ2v) is 10.2. The predicted molar refractivity (Wildman–Crippen MR) is 151 cm³/mol. The molecule has 1 unspecified atom stereocenters. The van der Waals surface area contributed by atoms with Crippen LogP contribution in [0.25, 0.3) is 0 Å². The van der Waals surface area contributed by atoms with E-state index < -0.39 is 78.7 Å². The van der Waals surface area contributed by atoms with Crippen LogP contribution in [0.4, 0.5) is 0 Å². The maximum absolute atomic E-state index is 13.3. The summed E-state index contributed by atoms with van der Waals surface area (Å²) in [7, 11) is 0. The Morgan fingerprint density at radius 1 is 1.00 bits per heavy atom. The van der Waals surface area contributed by atoms with Crippen molar-refractivity contribution < 1.29 is 39.0 Å². The topological polar surface area (TPSA) is 258 Å². The van der Waals surface area contributed by atoms with Gasteiger partial charge in [-0.3, -0.25) is 33.8 Å². The van der Waals surface area contributed by atoms with Crippen molar-refractivity contribution in [1.82, 2.24) is 26.2 Å². The lowest BCUT2D eigenvalue weighted by Gasteiger charge is -2.24. The Bertz CT molecular complexity index is 1240. The fourth-order valence-electron chi connectivity index (χ4n) is 4.59. The summed E-state index contributed by atoms with van der Waals surface area (Å²) in [5.41, 5.74) is 11.3. The lowest BCUT2D eigenvalue weighted by atomic mass is 10.0. The number of hydrogen-bond donors (Lipinski definition) is 9. The van der Waals surface area contributed by atoms with Crippen LogP contribution in [0, 0.1) is 0 Å². The van der Waals surface area contributed by atoms with Gasteiger partial charge in [-0.25, -0.2) is 0 Å². The molecule has 5 atom stereocenters. The Morgan fingerprint density at radius 2 is 1.69 bits per heavy atom. The number of nitrogens with zero attached hydrogens (tertiary/aromatic N) is 2. The minimum Gasteiger partial charge on any atom is -0.508 e. The van der Waals surface area contributed by atoms with Gasteiger partial charge < -0.3 is 47.8 Å². The summed E-state index contributed by atoms with van der Waals surface area (Å²) in [6.45, 7) is -0.447. The molecule has 16 nitrogen and oxygen atoms in total. The van der Waals surface area contributed by atoms with Crippen molar-refractivity contribution >= 4 is 54.1 Å².